The Bertz CT molecular complexity index is 1170. The van der Waals surface area contributed by atoms with Crippen LogP contribution in [0.3, 0.4) is 0 Å². The molecule has 0 bridgehead atoms. The Morgan fingerprint density at radius 3 is 2.06 bits per heavy atom. The summed E-state index contributed by atoms with van der Waals surface area (Å²) in [6, 6.07) is 22.4. The van der Waals surface area contributed by atoms with E-state index in [0.717, 1.165) is 10.5 Å². The number of thioether (sulfide) groups is 1. The number of hydrazine groups is 1. The Balaban J connectivity index is 2.08. The van der Waals surface area contributed by atoms with Crippen molar-refractivity contribution in [2.45, 2.75) is 38.1 Å². The molecule has 0 N–H and O–H groups in total. The van der Waals surface area contributed by atoms with Crippen molar-refractivity contribution in [2.75, 3.05) is 5.88 Å². The second-order valence-corrected chi connectivity index (χ2v) is 9.74. The second-order valence-electron chi connectivity index (χ2n) is 8.72. The van der Waals surface area contributed by atoms with Crippen LogP contribution in [0.2, 0.25) is 0 Å². The van der Waals surface area contributed by atoms with Crippen LogP contribution in [0.25, 0.3) is 0 Å². The predicted octanol–water partition coefficient (Wildman–Crippen LogP) is 5.95. The van der Waals surface area contributed by atoms with E-state index in [9.17, 15) is 19.7 Å². The number of benzene rings is 3. The molecule has 176 valence electrons. The molecule has 0 heterocycles. The maximum absolute atomic E-state index is 13.8. The zero-order chi connectivity index (χ0) is 24.9. The molecule has 8 heteroatoms. The van der Waals surface area contributed by atoms with Crippen LogP contribution in [0, 0.1) is 17.0 Å². The van der Waals surface area contributed by atoms with Crippen LogP contribution in [0.1, 0.15) is 47.1 Å². The molecule has 7 nitrogen and oxygen atoms in total. The number of rotatable bonds is 6. The van der Waals surface area contributed by atoms with E-state index < -0.39 is 16.4 Å². The first-order valence-corrected chi connectivity index (χ1v) is 11.7. The molecule has 0 spiro atoms. The third kappa shape index (κ3) is 5.82. The molecule has 3 rings (SSSR count). The first-order valence-electron chi connectivity index (χ1n) is 10.7. The normalized spacial score (nSPS) is 11.1. The number of amides is 2. The number of para-hydroxylation sites is 1. The molecule has 3 aromatic rings. The average molecular weight is 478 g/mol. The smallest absolute Gasteiger partial charge is 0.267 e. The van der Waals surface area contributed by atoms with E-state index in [4.69, 9.17) is 0 Å². The van der Waals surface area contributed by atoms with Gasteiger partial charge in [-0.25, -0.2) is 10.0 Å². The van der Waals surface area contributed by atoms with Crippen molar-refractivity contribution in [1.82, 2.24) is 10.0 Å². The molecule has 0 fully saturated rings. The van der Waals surface area contributed by atoms with Crippen molar-refractivity contribution in [2.24, 2.45) is 0 Å². The van der Waals surface area contributed by atoms with Crippen molar-refractivity contribution in [1.29, 1.82) is 0 Å². The highest BCUT2D eigenvalue weighted by atomic mass is 32.2. The number of carbonyl (C=O) groups excluding carboxylic acids is 2. The lowest BCUT2D eigenvalue weighted by atomic mass is 10.0. The summed E-state index contributed by atoms with van der Waals surface area (Å²) in [5, 5.41) is 14.3. The number of carbonyl (C=O) groups is 2. The first kappa shape index (κ1) is 25.0. The highest BCUT2D eigenvalue weighted by molar-refractivity contribution is 7.99. The van der Waals surface area contributed by atoms with Gasteiger partial charge >= 0.3 is 0 Å². The summed E-state index contributed by atoms with van der Waals surface area (Å²) in [6.45, 7) is 7.31. The maximum Gasteiger partial charge on any atom is 0.282 e. The summed E-state index contributed by atoms with van der Waals surface area (Å²) in [5.41, 5.74) is 0.196. The summed E-state index contributed by atoms with van der Waals surface area (Å²) in [5.74, 6) is -0.848. The number of nitro benzene ring substituents is 1. The van der Waals surface area contributed by atoms with E-state index >= 15 is 0 Å². The number of aryl methyl sites for hydroxylation is 1. The van der Waals surface area contributed by atoms with Gasteiger partial charge in [-0.05, 0) is 58.0 Å². The van der Waals surface area contributed by atoms with Gasteiger partial charge in [0.15, 0.2) is 0 Å². The molecule has 0 saturated heterocycles. The summed E-state index contributed by atoms with van der Waals surface area (Å²) in [4.78, 5) is 39.4. The van der Waals surface area contributed by atoms with E-state index in [0.29, 0.717) is 5.56 Å². The summed E-state index contributed by atoms with van der Waals surface area (Å²) in [6.07, 6.45) is 0. The molecule has 0 aromatic heterocycles. The minimum atomic E-state index is -0.849. The predicted molar refractivity (Wildman–Crippen MR) is 134 cm³/mol. The number of nitro groups is 1. The molecule has 0 atom stereocenters. The molecule has 0 aliphatic rings. The topological polar surface area (TPSA) is 83.8 Å². The lowest BCUT2D eigenvalue weighted by Crippen LogP contribution is -2.58. The van der Waals surface area contributed by atoms with Crippen molar-refractivity contribution in [3.63, 3.8) is 0 Å². The zero-order valence-electron chi connectivity index (χ0n) is 19.6. The minimum Gasteiger partial charge on any atom is -0.267 e. The second kappa shape index (κ2) is 10.5. The first-order chi connectivity index (χ1) is 16.1. The number of nitrogens with zero attached hydrogens (tertiary/aromatic N) is 3. The van der Waals surface area contributed by atoms with Gasteiger partial charge in [-0.15, -0.1) is 11.8 Å². The quantitative estimate of drug-likeness (QED) is 0.190. The highest BCUT2D eigenvalue weighted by Gasteiger charge is 2.38. The third-order valence-electron chi connectivity index (χ3n) is 5.03. The minimum absolute atomic E-state index is 0.0751. The summed E-state index contributed by atoms with van der Waals surface area (Å²) < 4.78 is 0. The van der Waals surface area contributed by atoms with Crippen molar-refractivity contribution < 1.29 is 14.5 Å². The fourth-order valence-corrected chi connectivity index (χ4v) is 4.26. The molecule has 0 unspecified atom stereocenters. The van der Waals surface area contributed by atoms with Crippen molar-refractivity contribution in [3.8, 4) is 0 Å². The summed E-state index contributed by atoms with van der Waals surface area (Å²) in [7, 11) is 0. The van der Waals surface area contributed by atoms with Gasteiger partial charge < -0.3 is 0 Å². The van der Waals surface area contributed by atoms with Crippen LogP contribution in [0.5, 0.6) is 0 Å². The van der Waals surface area contributed by atoms with Gasteiger partial charge in [0.1, 0.15) is 5.56 Å². The van der Waals surface area contributed by atoms with Crippen LogP contribution < -0.4 is 0 Å². The number of hydrogen-bond acceptors (Lipinski definition) is 5. The van der Waals surface area contributed by atoms with Crippen LogP contribution in [-0.2, 0) is 0 Å². The Morgan fingerprint density at radius 1 is 0.882 bits per heavy atom. The van der Waals surface area contributed by atoms with E-state index in [1.165, 1.54) is 40.0 Å². The third-order valence-corrected chi connectivity index (χ3v) is 6.01. The van der Waals surface area contributed by atoms with Crippen molar-refractivity contribution >= 4 is 29.3 Å². The Morgan fingerprint density at radius 2 is 1.47 bits per heavy atom. The molecule has 0 saturated carbocycles. The van der Waals surface area contributed by atoms with Gasteiger partial charge in [-0.3, -0.25) is 19.7 Å². The van der Waals surface area contributed by atoms with E-state index in [1.807, 2.05) is 49.4 Å². The molecule has 2 amide bonds. The van der Waals surface area contributed by atoms with Crippen molar-refractivity contribution in [3.05, 3.63) is 106 Å². The van der Waals surface area contributed by atoms with Gasteiger partial charge in [0.25, 0.3) is 17.5 Å². The molecule has 0 aliphatic carbocycles. The molecular formula is C26H27N3O4S. The lowest BCUT2D eigenvalue weighted by molar-refractivity contribution is -0.385. The maximum atomic E-state index is 13.8. The highest BCUT2D eigenvalue weighted by Crippen LogP contribution is 2.29. The zero-order valence-corrected chi connectivity index (χ0v) is 20.4. The SMILES string of the molecule is Cc1ccc(C(=O)N(CSc2ccccc2)N(C(=O)c2ccccc2[N+](=O)[O-])C(C)(C)C)cc1. The monoisotopic (exact) mass is 477 g/mol. The molecule has 34 heavy (non-hydrogen) atoms. The number of hydrogen-bond donors (Lipinski definition) is 0. The molecule has 0 aliphatic heterocycles. The van der Waals surface area contributed by atoms with Crippen LogP contribution >= 0.6 is 11.8 Å². The average Bonchev–Trinajstić information content (AvgIpc) is 2.81. The lowest BCUT2D eigenvalue weighted by Gasteiger charge is -2.43. The van der Waals surface area contributed by atoms with E-state index in [2.05, 4.69) is 0 Å². The van der Waals surface area contributed by atoms with Crippen LogP contribution in [-0.4, -0.2) is 38.2 Å². The Labute approximate surface area is 203 Å². The molecular weight excluding hydrogens is 450 g/mol. The van der Waals surface area contributed by atoms with Gasteiger partial charge in [-0.1, -0.05) is 48.0 Å². The molecule has 0 radical (unpaired) electrons. The standard InChI is InChI=1S/C26H27N3O4S/c1-19-14-16-20(17-15-19)24(30)27(18-34-21-10-6-5-7-11-21)28(26(2,3)4)25(31)22-12-8-9-13-23(22)29(32)33/h5-17H,18H2,1-4H3. The van der Waals surface area contributed by atoms with Crippen LogP contribution in [0.15, 0.2) is 83.8 Å². The molecule has 3 aromatic carbocycles. The fraction of sp³-hybridized carbons (Fsp3) is 0.231. The van der Waals surface area contributed by atoms with Gasteiger partial charge in [-0.2, -0.15) is 0 Å². The summed E-state index contributed by atoms with van der Waals surface area (Å²) >= 11 is 1.40. The Hall–Kier alpha value is -3.65. The van der Waals surface area contributed by atoms with E-state index in [1.54, 1.807) is 39.0 Å². The Kier molecular flexibility index (Phi) is 7.73. The van der Waals surface area contributed by atoms with Gasteiger partial charge in [0.2, 0.25) is 0 Å². The van der Waals surface area contributed by atoms with Gasteiger partial charge in [0.05, 0.1) is 16.3 Å². The largest absolute Gasteiger partial charge is 0.282 e. The van der Waals surface area contributed by atoms with Crippen LogP contribution in [0.4, 0.5) is 5.69 Å². The van der Waals surface area contributed by atoms with Gasteiger partial charge in [0, 0.05) is 16.5 Å². The fourth-order valence-electron chi connectivity index (χ4n) is 3.41. The van der Waals surface area contributed by atoms with E-state index in [-0.39, 0.29) is 23.0 Å².